The lowest BCUT2D eigenvalue weighted by Crippen LogP contribution is -2.22. The van der Waals surface area contributed by atoms with E-state index in [2.05, 4.69) is 36.9 Å². The van der Waals surface area contributed by atoms with Gasteiger partial charge in [-0.05, 0) is 56.2 Å². The molecular weight excluding hydrogens is 250 g/mol. The van der Waals surface area contributed by atoms with Crippen molar-refractivity contribution in [3.8, 4) is 11.5 Å². The second-order valence-electron chi connectivity index (χ2n) is 5.34. The number of rotatable bonds is 3. The SMILES string of the molecule is Cc1cc(C)cc(N(C)C(C)c2c(O)cccc2O)c1. The van der Waals surface area contributed by atoms with Crippen molar-refractivity contribution in [1.82, 2.24) is 0 Å². The molecule has 3 heteroatoms. The minimum atomic E-state index is -0.127. The van der Waals surface area contributed by atoms with Crippen molar-refractivity contribution in [1.29, 1.82) is 0 Å². The fourth-order valence-corrected chi connectivity index (χ4v) is 2.54. The highest BCUT2D eigenvalue weighted by molar-refractivity contribution is 5.55. The third-order valence-electron chi connectivity index (χ3n) is 3.67. The molecule has 0 amide bonds. The smallest absolute Gasteiger partial charge is 0.124 e. The van der Waals surface area contributed by atoms with Gasteiger partial charge < -0.3 is 15.1 Å². The van der Waals surface area contributed by atoms with E-state index in [1.54, 1.807) is 18.2 Å². The van der Waals surface area contributed by atoms with Gasteiger partial charge in [0.25, 0.3) is 0 Å². The number of benzene rings is 2. The molecule has 0 aliphatic rings. The lowest BCUT2D eigenvalue weighted by atomic mass is 10.0. The molecule has 0 aliphatic heterocycles. The Labute approximate surface area is 120 Å². The summed E-state index contributed by atoms with van der Waals surface area (Å²) in [6.45, 7) is 6.09. The van der Waals surface area contributed by atoms with Crippen molar-refractivity contribution in [2.24, 2.45) is 0 Å². The maximum atomic E-state index is 9.98. The Morgan fingerprint density at radius 1 is 0.950 bits per heavy atom. The average molecular weight is 271 g/mol. The maximum Gasteiger partial charge on any atom is 0.124 e. The largest absolute Gasteiger partial charge is 0.507 e. The number of nitrogens with zero attached hydrogens (tertiary/aromatic N) is 1. The summed E-state index contributed by atoms with van der Waals surface area (Å²) in [5.41, 5.74) is 4.01. The van der Waals surface area contributed by atoms with Crippen molar-refractivity contribution in [2.75, 3.05) is 11.9 Å². The topological polar surface area (TPSA) is 43.7 Å². The second kappa shape index (κ2) is 5.45. The number of aryl methyl sites for hydroxylation is 2. The van der Waals surface area contributed by atoms with E-state index >= 15 is 0 Å². The summed E-state index contributed by atoms with van der Waals surface area (Å²) in [6.07, 6.45) is 0. The Bertz CT molecular complexity index is 582. The third-order valence-corrected chi connectivity index (χ3v) is 3.67. The molecule has 2 rings (SSSR count). The minimum Gasteiger partial charge on any atom is -0.507 e. The molecule has 2 aromatic rings. The fraction of sp³-hybridized carbons (Fsp3) is 0.294. The Morgan fingerprint density at radius 3 is 1.95 bits per heavy atom. The number of phenols is 2. The fourth-order valence-electron chi connectivity index (χ4n) is 2.54. The number of phenolic OH excluding ortho intramolecular Hbond substituents is 2. The van der Waals surface area contributed by atoms with E-state index in [1.807, 2.05) is 14.0 Å². The van der Waals surface area contributed by atoms with Gasteiger partial charge in [0.2, 0.25) is 0 Å². The van der Waals surface area contributed by atoms with Crippen molar-refractivity contribution >= 4 is 5.69 Å². The summed E-state index contributed by atoms with van der Waals surface area (Å²) in [6, 6.07) is 11.0. The zero-order valence-electron chi connectivity index (χ0n) is 12.4. The normalized spacial score (nSPS) is 12.2. The van der Waals surface area contributed by atoms with E-state index in [1.165, 1.54) is 11.1 Å². The Morgan fingerprint density at radius 2 is 1.45 bits per heavy atom. The molecule has 1 atom stereocenters. The molecule has 0 saturated heterocycles. The van der Waals surface area contributed by atoms with Crippen LogP contribution in [-0.4, -0.2) is 17.3 Å². The lowest BCUT2D eigenvalue weighted by molar-refractivity contribution is 0.430. The van der Waals surface area contributed by atoms with Gasteiger partial charge in [0, 0.05) is 12.7 Å². The lowest BCUT2D eigenvalue weighted by Gasteiger charge is -2.29. The van der Waals surface area contributed by atoms with Crippen LogP contribution in [0.25, 0.3) is 0 Å². The van der Waals surface area contributed by atoms with Crippen LogP contribution in [0.3, 0.4) is 0 Å². The van der Waals surface area contributed by atoms with Gasteiger partial charge >= 0.3 is 0 Å². The number of hydrogen-bond donors (Lipinski definition) is 2. The molecule has 2 N–H and O–H groups in total. The Hall–Kier alpha value is -2.16. The average Bonchev–Trinajstić information content (AvgIpc) is 2.36. The molecular formula is C17H21NO2. The van der Waals surface area contributed by atoms with E-state index in [0.717, 1.165) is 5.69 Å². The molecule has 20 heavy (non-hydrogen) atoms. The zero-order valence-corrected chi connectivity index (χ0v) is 12.4. The molecule has 0 aliphatic carbocycles. The van der Waals surface area contributed by atoms with E-state index in [-0.39, 0.29) is 17.5 Å². The summed E-state index contributed by atoms with van der Waals surface area (Å²) in [5.74, 6) is 0.238. The van der Waals surface area contributed by atoms with E-state index in [4.69, 9.17) is 0 Å². The van der Waals surface area contributed by atoms with Gasteiger partial charge in [-0.15, -0.1) is 0 Å². The van der Waals surface area contributed by atoms with Crippen LogP contribution in [0.1, 0.15) is 29.7 Å². The molecule has 0 heterocycles. The Kier molecular flexibility index (Phi) is 3.89. The van der Waals surface area contributed by atoms with Gasteiger partial charge in [0.1, 0.15) is 11.5 Å². The van der Waals surface area contributed by atoms with E-state index in [9.17, 15) is 10.2 Å². The first-order chi connectivity index (χ1) is 9.40. The molecule has 0 aromatic heterocycles. The predicted molar refractivity (Wildman–Crippen MR) is 82.5 cm³/mol. The van der Waals surface area contributed by atoms with Crippen LogP contribution in [0.5, 0.6) is 11.5 Å². The van der Waals surface area contributed by atoms with Crippen molar-refractivity contribution < 1.29 is 10.2 Å². The molecule has 0 radical (unpaired) electrons. The highest BCUT2D eigenvalue weighted by Crippen LogP contribution is 2.37. The first-order valence-electron chi connectivity index (χ1n) is 6.72. The molecule has 3 nitrogen and oxygen atoms in total. The van der Waals surface area contributed by atoms with Crippen molar-refractivity contribution in [3.05, 3.63) is 53.1 Å². The van der Waals surface area contributed by atoms with Crippen LogP contribution in [0.15, 0.2) is 36.4 Å². The monoisotopic (exact) mass is 271 g/mol. The van der Waals surface area contributed by atoms with Gasteiger partial charge in [-0.25, -0.2) is 0 Å². The number of anilines is 1. The number of aromatic hydroxyl groups is 2. The molecule has 0 saturated carbocycles. The van der Waals surface area contributed by atoms with Crippen LogP contribution >= 0.6 is 0 Å². The van der Waals surface area contributed by atoms with E-state index in [0.29, 0.717) is 5.56 Å². The van der Waals surface area contributed by atoms with Crippen molar-refractivity contribution in [2.45, 2.75) is 26.8 Å². The summed E-state index contributed by atoms with van der Waals surface area (Å²) in [4.78, 5) is 2.05. The quantitative estimate of drug-likeness (QED) is 0.889. The molecule has 0 spiro atoms. The summed E-state index contributed by atoms with van der Waals surface area (Å²) < 4.78 is 0. The van der Waals surface area contributed by atoms with E-state index < -0.39 is 0 Å². The van der Waals surface area contributed by atoms with Gasteiger partial charge in [-0.1, -0.05) is 12.1 Å². The standard InChI is InChI=1S/C17H21NO2/c1-11-8-12(2)10-14(9-11)18(4)13(3)17-15(19)6-5-7-16(17)20/h5-10,13,19-20H,1-4H3. The molecule has 2 aromatic carbocycles. The number of hydrogen-bond acceptors (Lipinski definition) is 3. The highest BCUT2D eigenvalue weighted by Gasteiger charge is 2.19. The third kappa shape index (κ3) is 2.72. The van der Waals surface area contributed by atoms with Gasteiger partial charge in [0.05, 0.1) is 11.6 Å². The molecule has 106 valence electrons. The zero-order chi connectivity index (χ0) is 14.9. The van der Waals surface area contributed by atoms with Crippen LogP contribution in [0.2, 0.25) is 0 Å². The predicted octanol–water partition coefficient (Wildman–Crippen LogP) is 3.91. The summed E-state index contributed by atoms with van der Waals surface area (Å²) in [7, 11) is 1.96. The Balaban J connectivity index is 2.40. The highest BCUT2D eigenvalue weighted by atomic mass is 16.3. The van der Waals surface area contributed by atoms with Crippen molar-refractivity contribution in [3.63, 3.8) is 0 Å². The molecule has 0 fully saturated rings. The maximum absolute atomic E-state index is 9.98. The molecule has 0 bridgehead atoms. The van der Waals surface area contributed by atoms with Crippen LogP contribution in [0.4, 0.5) is 5.69 Å². The van der Waals surface area contributed by atoms with Gasteiger partial charge in [0.15, 0.2) is 0 Å². The van der Waals surface area contributed by atoms with Gasteiger partial charge in [-0.2, -0.15) is 0 Å². The first-order valence-corrected chi connectivity index (χ1v) is 6.72. The van der Waals surface area contributed by atoms with Crippen LogP contribution < -0.4 is 4.90 Å². The second-order valence-corrected chi connectivity index (χ2v) is 5.34. The van der Waals surface area contributed by atoms with Crippen LogP contribution in [-0.2, 0) is 0 Å². The minimum absolute atomic E-state index is 0.119. The molecule has 1 unspecified atom stereocenters. The summed E-state index contributed by atoms with van der Waals surface area (Å²) >= 11 is 0. The first kappa shape index (κ1) is 14.3. The van der Waals surface area contributed by atoms with Crippen LogP contribution in [0, 0.1) is 13.8 Å². The van der Waals surface area contributed by atoms with Gasteiger partial charge in [-0.3, -0.25) is 0 Å². The summed E-state index contributed by atoms with van der Waals surface area (Å²) in [5, 5.41) is 20.0.